The van der Waals surface area contributed by atoms with Gasteiger partial charge >= 0.3 is 0 Å². The summed E-state index contributed by atoms with van der Waals surface area (Å²) >= 11 is 0. The molecule has 7 heteroatoms. The zero-order chi connectivity index (χ0) is 16.4. The molecular formula is C17H24N4O3. The van der Waals surface area contributed by atoms with Gasteiger partial charge < -0.3 is 13.7 Å². The number of aromatic nitrogens is 2. The lowest BCUT2D eigenvalue weighted by Gasteiger charge is -2.37. The molecule has 2 fully saturated rings. The van der Waals surface area contributed by atoms with Gasteiger partial charge in [0.1, 0.15) is 0 Å². The zero-order valence-corrected chi connectivity index (χ0v) is 14.1. The maximum atomic E-state index is 5.74. The van der Waals surface area contributed by atoms with E-state index in [1.807, 2.05) is 12.1 Å². The van der Waals surface area contributed by atoms with Crippen molar-refractivity contribution < 1.29 is 13.7 Å². The molecule has 0 unspecified atom stereocenters. The molecule has 2 aromatic heterocycles. The Morgan fingerprint density at radius 1 is 1.29 bits per heavy atom. The fraction of sp³-hybridized carbons (Fsp3) is 0.647. The van der Waals surface area contributed by atoms with Crippen molar-refractivity contribution in [2.75, 3.05) is 39.3 Å². The lowest BCUT2D eigenvalue weighted by Crippen LogP contribution is -2.49. The Morgan fingerprint density at radius 2 is 2.17 bits per heavy atom. The average Bonchev–Trinajstić information content (AvgIpc) is 3.36. The average molecular weight is 332 g/mol. The molecule has 130 valence electrons. The van der Waals surface area contributed by atoms with E-state index < -0.39 is 0 Å². The Morgan fingerprint density at radius 3 is 2.88 bits per heavy atom. The van der Waals surface area contributed by atoms with Crippen molar-refractivity contribution in [2.24, 2.45) is 0 Å². The van der Waals surface area contributed by atoms with Gasteiger partial charge in [0, 0.05) is 39.3 Å². The molecule has 2 aromatic rings. The van der Waals surface area contributed by atoms with Gasteiger partial charge in [0.25, 0.3) is 0 Å². The summed E-state index contributed by atoms with van der Waals surface area (Å²) in [4.78, 5) is 9.38. The predicted molar refractivity (Wildman–Crippen MR) is 87.4 cm³/mol. The molecule has 24 heavy (non-hydrogen) atoms. The number of rotatable bonds is 5. The van der Waals surface area contributed by atoms with E-state index >= 15 is 0 Å². The lowest BCUT2D eigenvalue weighted by atomic mass is 10.2. The summed E-state index contributed by atoms with van der Waals surface area (Å²) in [6.07, 6.45) is 4.45. The van der Waals surface area contributed by atoms with Crippen LogP contribution in [0, 0.1) is 0 Å². The number of nitrogens with zero attached hydrogens (tertiary/aromatic N) is 4. The molecule has 2 atom stereocenters. The van der Waals surface area contributed by atoms with Gasteiger partial charge in [-0.2, -0.15) is 4.98 Å². The minimum absolute atomic E-state index is 0.117. The second-order valence-corrected chi connectivity index (χ2v) is 6.58. The minimum Gasteiger partial charge on any atom is -0.461 e. The highest BCUT2D eigenvalue weighted by molar-refractivity contribution is 5.44. The molecule has 2 aliphatic rings. The maximum Gasteiger partial charge on any atom is 0.244 e. The van der Waals surface area contributed by atoms with Crippen LogP contribution in [0.3, 0.4) is 0 Å². The molecule has 2 aliphatic heterocycles. The van der Waals surface area contributed by atoms with Gasteiger partial charge in [-0.25, -0.2) is 0 Å². The van der Waals surface area contributed by atoms with Gasteiger partial charge in [-0.05, 0) is 31.9 Å². The molecular weight excluding hydrogens is 308 g/mol. The first-order valence-electron chi connectivity index (χ1n) is 8.75. The van der Waals surface area contributed by atoms with Gasteiger partial charge in [0.2, 0.25) is 11.7 Å². The lowest BCUT2D eigenvalue weighted by molar-refractivity contribution is 0.0379. The fourth-order valence-corrected chi connectivity index (χ4v) is 3.48. The number of hydrogen-bond acceptors (Lipinski definition) is 7. The minimum atomic E-state index is 0.117. The molecule has 0 saturated carbocycles. The van der Waals surface area contributed by atoms with Crippen LogP contribution in [-0.4, -0.2) is 65.4 Å². The topological polar surface area (TPSA) is 67.8 Å². The third-order valence-corrected chi connectivity index (χ3v) is 4.98. The molecule has 0 bridgehead atoms. The van der Waals surface area contributed by atoms with Gasteiger partial charge in [-0.3, -0.25) is 9.80 Å². The zero-order valence-electron chi connectivity index (χ0n) is 14.1. The number of ether oxygens (including phenoxy) is 1. The Kier molecular flexibility index (Phi) is 4.64. The molecule has 2 saturated heterocycles. The smallest absolute Gasteiger partial charge is 0.244 e. The van der Waals surface area contributed by atoms with E-state index in [0.29, 0.717) is 23.6 Å². The first-order valence-corrected chi connectivity index (χ1v) is 8.75. The van der Waals surface area contributed by atoms with E-state index in [1.54, 1.807) is 6.26 Å². The third-order valence-electron chi connectivity index (χ3n) is 4.98. The second-order valence-electron chi connectivity index (χ2n) is 6.58. The molecule has 4 heterocycles. The van der Waals surface area contributed by atoms with Crippen molar-refractivity contribution in [3.8, 4) is 11.6 Å². The van der Waals surface area contributed by atoms with Crippen LogP contribution in [0.15, 0.2) is 27.3 Å². The largest absolute Gasteiger partial charge is 0.461 e. The normalized spacial score (nSPS) is 24.5. The van der Waals surface area contributed by atoms with Crippen LogP contribution in [-0.2, 0) is 4.74 Å². The quantitative estimate of drug-likeness (QED) is 0.831. The first-order chi connectivity index (χ1) is 11.8. The van der Waals surface area contributed by atoms with E-state index in [2.05, 4.69) is 26.9 Å². The van der Waals surface area contributed by atoms with Crippen molar-refractivity contribution in [1.82, 2.24) is 19.9 Å². The number of furan rings is 1. The van der Waals surface area contributed by atoms with Gasteiger partial charge in [-0.15, -0.1) is 0 Å². The molecule has 0 spiro atoms. The molecule has 0 aromatic carbocycles. The Labute approximate surface area is 141 Å². The van der Waals surface area contributed by atoms with E-state index in [9.17, 15) is 0 Å². The van der Waals surface area contributed by atoms with E-state index in [4.69, 9.17) is 13.7 Å². The molecule has 0 aliphatic carbocycles. The third kappa shape index (κ3) is 3.38. The van der Waals surface area contributed by atoms with E-state index in [1.165, 1.54) is 12.8 Å². The van der Waals surface area contributed by atoms with Crippen LogP contribution in [0.25, 0.3) is 11.6 Å². The highest BCUT2D eigenvalue weighted by atomic mass is 16.5. The Balaban J connectivity index is 1.32. The summed E-state index contributed by atoms with van der Waals surface area (Å²) < 4.78 is 16.5. The maximum absolute atomic E-state index is 5.74. The molecule has 4 rings (SSSR count). The fourth-order valence-electron chi connectivity index (χ4n) is 3.48. The van der Waals surface area contributed by atoms with Crippen molar-refractivity contribution in [2.45, 2.75) is 31.9 Å². The van der Waals surface area contributed by atoms with Gasteiger partial charge in [0.05, 0.1) is 18.4 Å². The van der Waals surface area contributed by atoms with Crippen molar-refractivity contribution in [1.29, 1.82) is 0 Å². The van der Waals surface area contributed by atoms with Crippen LogP contribution in [0.5, 0.6) is 0 Å². The van der Waals surface area contributed by atoms with Crippen LogP contribution in [0.1, 0.15) is 31.7 Å². The SMILES string of the molecule is C[C@H](c1nc(-c2ccco2)no1)N1CCN(C[C@H]2CCCO2)CC1. The van der Waals surface area contributed by atoms with Gasteiger partial charge in [-0.1, -0.05) is 5.16 Å². The molecule has 0 radical (unpaired) electrons. The predicted octanol–water partition coefficient (Wildman–Crippen LogP) is 2.19. The van der Waals surface area contributed by atoms with Crippen LogP contribution in [0.2, 0.25) is 0 Å². The Hall–Kier alpha value is -1.70. The summed E-state index contributed by atoms with van der Waals surface area (Å²) in [6, 6.07) is 3.77. The highest BCUT2D eigenvalue weighted by Gasteiger charge is 2.28. The summed E-state index contributed by atoms with van der Waals surface area (Å²) in [7, 11) is 0. The summed E-state index contributed by atoms with van der Waals surface area (Å²) in [5, 5.41) is 4.02. The molecule has 0 amide bonds. The van der Waals surface area contributed by atoms with Crippen LogP contribution < -0.4 is 0 Å². The molecule has 7 nitrogen and oxygen atoms in total. The first kappa shape index (κ1) is 15.8. The van der Waals surface area contributed by atoms with Crippen molar-refractivity contribution in [3.63, 3.8) is 0 Å². The van der Waals surface area contributed by atoms with Crippen molar-refractivity contribution >= 4 is 0 Å². The highest BCUT2D eigenvalue weighted by Crippen LogP contribution is 2.24. The summed E-state index contributed by atoms with van der Waals surface area (Å²) in [5.74, 6) is 1.80. The monoisotopic (exact) mass is 332 g/mol. The number of hydrogen-bond donors (Lipinski definition) is 0. The van der Waals surface area contributed by atoms with E-state index in [0.717, 1.165) is 39.3 Å². The van der Waals surface area contributed by atoms with Crippen molar-refractivity contribution in [3.05, 3.63) is 24.3 Å². The number of piperazine rings is 1. The standard InChI is InChI=1S/C17H24N4O3/c1-13(17-18-16(19-24-17)15-5-3-11-23-15)21-8-6-20(7-9-21)12-14-4-2-10-22-14/h3,5,11,13-14H,2,4,6-10,12H2,1H3/t13-,14-/m1/s1. The van der Waals surface area contributed by atoms with Crippen LogP contribution in [0.4, 0.5) is 0 Å². The molecule has 0 N–H and O–H groups in total. The van der Waals surface area contributed by atoms with Gasteiger partial charge in [0.15, 0.2) is 5.76 Å². The van der Waals surface area contributed by atoms with Crippen LogP contribution >= 0.6 is 0 Å². The Bertz CT molecular complexity index is 628. The van der Waals surface area contributed by atoms with E-state index in [-0.39, 0.29) is 6.04 Å². The summed E-state index contributed by atoms with van der Waals surface area (Å²) in [6.45, 7) is 8.24. The second kappa shape index (κ2) is 7.04. The summed E-state index contributed by atoms with van der Waals surface area (Å²) in [5.41, 5.74) is 0.